The third-order valence-corrected chi connectivity index (χ3v) is 4.68. The summed E-state index contributed by atoms with van der Waals surface area (Å²) in [5, 5.41) is 13.1. The Balaban J connectivity index is 1.96. The first kappa shape index (κ1) is 16.8. The summed E-state index contributed by atoms with van der Waals surface area (Å²) >= 11 is 6.40. The van der Waals surface area contributed by atoms with Crippen LogP contribution in [0.4, 0.5) is 4.39 Å². The lowest BCUT2D eigenvalue weighted by molar-refractivity contribution is -0.121. The van der Waals surface area contributed by atoms with Gasteiger partial charge in [-0.1, -0.05) is 12.1 Å². The van der Waals surface area contributed by atoms with E-state index in [4.69, 9.17) is 12.2 Å². The van der Waals surface area contributed by atoms with E-state index in [0.29, 0.717) is 9.52 Å². The lowest BCUT2D eigenvalue weighted by Crippen LogP contribution is -2.39. The van der Waals surface area contributed by atoms with Crippen LogP contribution < -0.4 is 5.32 Å². The van der Waals surface area contributed by atoms with E-state index >= 15 is 0 Å². The summed E-state index contributed by atoms with van der Waals surface area (Å²) in [6.07, 6.45) is 0.211. The molecular formula is C15H17FN2O2S2. The molecule has 1 aromatic heterocycles. The summed E-state index contributed by atoms with van der Waals surface area (Å²) in [7, 11) is 0. The molecule has 4 nitrogen and oxygen atoms in total. The third kappa shape index (κ3) is 4.22. The second kappa shape index (κ2) is 6.68. The van der Waals surface area contributed by atoms with Crippen LogP contribution in [0.15, 0.2) is 24.3 Å². The van der Waals surface area contributed by atoms with Crippen molar-refractivity contribution in [2.24, 2.45) is 0 Å². The second-order valence-electron chi connectivity index (χ2n) is 5.30. The quantitative estimate of drug-likeness (QED) is 0.733. The predicted molar refractivity (Wildman–Crippen MR) is 86.9 cm³/mol. The number of aliphatic hydroxyl groups is 1. The molecule has 22 heavy (non-hydrogen) atoms. The minimum atomic E-state index is -1.26. The number of benzene rings is 1. The number of carbonyl (C=O) groups excluding carboxylic acids is 1. The van der Waals surface area contributed by atoms with Crippen LogP contribution in [-0.2, 0) is 16.8 Å². The molecule has 3 N–H and O–H groups in total. The number of halogens is 1. The van der Waals surface area contributed by atoms with E-state index in [0.717, 1.165) is 10.6 Å². The van der Waals surface area contributed by atoms with E-state index in [1.54, 1.807) is 6.92 Å². The van der Waals surface area contributed by atoms with Gasteiger partial charge in [0.15, 0.2) is 3.95 Å². The third-order valence-electron chi connectivity index (χ3n) is 3.34. The number of carbonyl (C=O) groups is 1. The number of amides is 1. The number of hydrogen-bond acceptors (Lipinski definition) is 4. The molecule has 1 heterocycles. The molecule has 0 aliphatic carbocycles. The highest BCUT2D eigenvalue weighted by Gasteiger charge is 2.24. The summed E-state index contributed by atoms with van der Waals surface area (Å²) in [5.74, 6) is -0.566. The molecule has 0 radical (unpaired) electrons. The Labute approximate surface area is 137 Å². The molecule has 0 saturated carbocycles. The van der Waals surface area contributed by atoms with Gasteiger partial charge in [-0.3, -0.25) is 4.79 Å². The van der Waals surface area contributed by atoms with E-state index in [1.807, 2.05) is 6.92 Å². The molecule has 0 unspecified atom stereocenters. The van der Waals surface area contributed by atoms with Crippen molar-refractivity contribution in [1.29, 1.82) is 0 Å². The van der Waals surface area contributed by atoms with Crippen LogP contribution >= 0.6 is 23.6 Å². The van der Waals surface area contributed by atoms with Crippen LogP contribution in [0.25, 0.3) is 0 Å². The highest BCUT2D eigenvalue weighted by atomic mass is 32.1. The standard InChI is InChI=1S/C15H17FN2O2S2/c1-9-12(22-14(21)18-9)7-13(19)17-8-15(2,20)10-3-5-11(16)6-4-10/h3-6,20H,7-8H2,1-2H3,(H,17,19)(H,18,21)/t15-/m0/s1. The van der Waals surface area contributed by atoms with E-state index in [9.17, 15) is 14.3 Å². The van der Waals surface area contributed by atoms with Crippen LogP contribution in [0.5, 0.6) is 0 Å². The molecule has 1 amide bonds. The molecule has 0 saturated heterocycles. The largest absolute Gasteiger partial charge is 0.384 e. The first-order valence-corrected chi connectivity index (χ1v) is 7.94. The molecule has 0 aliphatic rings. The van der Waals surface area contributed by atoms with Gasteiger partial charge in [0.1, 0.15) is 11.4 Å². The van der Waals surface area contributed by atoms with Crippen molar-refractivity contribution in [2.75, 3.05) is 6.54 Å². The van der Waals surface area contributed by atoms with Crippen molar-refractivity contribution in [2.45, 2.75) is 25.9 Å². The Morgan fingerprint density at radius 2 is 2.09 bits per heavy atom. The summed E-state index contributed by atoms with van der Waals surface area (Å²) in [4.78, 5) is 15.8. The average molecular weight is 340 g/mol. The van der Waals surface area contributed by atoms with E-state index in [-0.39, 0.29) is 24.7 Å². The Morgan fingerprint density at radius 1 is 1.45 bits per heavy atom. The van der Waals surface area contributed by atoms with Gasteiger partial charge in [-0.15, -0.1) is 11.3 Å². The van der Waals surface area contributed by atoms with Gasteiger partial charge < -0.3 is 15.4 Å². The van der Waals surface area contributed by atoms with Crippen LogP contribution in [0.3, 0.4) is 0 Å². The molecule has 0 fully saturated rings. The molecule has 0 aliphatic heterocycles. The SMILES string of the molecule is Cc1[nH]c(=S)sc1CC(=O)NC[C@](C)(O)c1ccc(F)cc1. The van der Waals surface area contributed by atoms with Crippen molar-refractivity contribution in [3.05, 3.63) is 50.2 Å². The van der Waals surface area contributed by atoms with Crippen LogP contribution in [-0.4, -0.2) is 22.5 Å². The number of nitrogens with one attached hydrogen (secondary N) is 2. The average Bonchev–Trinajstić information content (AvgIpc) is 2.75. The van der Waals surface area contributed by atoms with Crippen molar-refractivity contribution in [3.63, 3.8) is 0 Å². The Hall–Kier alpha value is -1.57. The Kier molecular flexibility index (Phi) is 5.10. The second-order valence-corrected chi connectivity index (χ2v) is 7.07. The summed E-state index contributed by atoms with van der Waals surface area (Å²) in [6.45, 7) is 3.49. The van der Waals surface area contributed by atoms with E-state index in [1.165, 1.54) is 35.6 Å². The highest BCUT2D eigenvalue weighted by molar-refractivity contribution is 7.73. The zero-order chi connectivity index (χ0) is 16.3. The smallest absolute Gasteiger partial charge is 0.225 e. The first-order valence-electron chi connectivity index (χ1n) is 6.71. The molecule has 118 valence electrons. The Morgan fingerprint density at radius 3 is 2.64 bits per heavy atom. The minimum Gasteiger partial charge on any atom is -0.384 e. The minimum absolute atomic E-state index is 0.0480. The number of rotatable bonds is 5. The van der Waals surface area contributed by atoms with Crippen molar-refractivity contribution in [3.8, 4) is 0 Å². The van der Waals surface area contributed by atoms with Crippen LogP contribution in [0, 0.1) is 16.7 Å². The normalized spacial score (nSPS) is 13.6. The number of aromatic amines is 1. The summed E-state index contributed by atoms with van der Waals surface area (Å²) in [6, 6.07) is 5.57. The van der Waals surface area contributed by atoms with Gasteiger partial charge in [-0.05, 0) is 43.8 Å². The van der Waals surface area contributed by atoms with Gasteiger partial charge >= 0.3 is 0 Å². The lowest BCUT2D eigenvalue weighted by atomic mass is 9.96. The molecule has 0 spiro atoms. The zero-order valence-corrected chi connectivity index (χ0v) is 13.9. The fraction of sp³-hybridized carbons (Fsp3) is 0.333. The molecule has 2 aromatic rings. The van der Waals surface area contributed by atoms with Crippen molar-refractivity contribution in [1.82, 2.24) is 10.3 Å². The van der Waals surface area contributed by atoms with Crippen LogP contribution in [0.1, 0.15) is 23.1 Å². The molecule has 7 heteroatoms. The first-order chi connectivity index (χ1) is 10.3. The van der Waals surface area contributed by atoms with Crippen molar-refractivity contribution >= 4 is 29.5 Å². The number of H-pyrrole nitrogens is 1. The monoisotopic (exact) mass is 340 g/mol. The van der Waals surface area contributed by atoms with Gasteiger partial charge in [0.25, 0.3) is 0 Å². The van der Waals surface area contributed by atoms with Gasteiger partial charge in [-0.25, -0.2) is 4.39 Å². The van der Waals surface area contributed by atoms with E-state index in [2.05, 4.69) is 10.3 Å². The fourth-order valence-electron chi connectivity index (χ4n) is 2.00. The van der Waals surface area contributed by atoms with Gasteiger partial charge in [-0.2, -0.15) is 0 Å². The van der Waals surface area contributed by atoms with Gasteiger partial charge in [0.2, 0.25) is 5.91 Å². The molecule has 0 bridgehead atoms. The Bertz CT molecular complexity index is 720. The topological polar surface area (TPSA) is 65.1 Å². The zero-order valence-electron chi connectivity index (χ0n) is 12.3. The van der Waals surface area contributed by atoms with Crippen molar-refractivity contribution < 1.29 is 14.3 Å². The summed E-state index contributed by atoms with van der Waals surface area (Å²) < 4.78 is 13.5. The maximum absolute atomic E-state index is 12.9. The molecule has 1 aromatic carbocycles. The molecule has 2 rings (SSSR count). The number of thiazole rings is 1. The highest BCUT2D eigenvalue weighted by Crippen LogP contribution is 2.20. The molecular weight excluding hydrogens is 323 g/mol. The van der Waals surface area contributed by atoms with Crippen LogP contribution in [0.2, 0.25) is 0 Å². The van der Waals surface area contributed by atoms with Gasteiger partial charge in [0, 0.05) is 10.6 Å². The number of aryl methyl sites for hydroxylation is 1. The molecule has 1 atom stereocenters. The summed E-state index contributed by atoms with van der Waals surface area (Å²) in [5.41, 5.74) is 0.168. The fourth-order valence-corrected chi connectivity index (χ4v) is 3.29. The maximum atomic E-state index is 12.9. The van der Waals surface area contributed by atoms with E-state index < -0.39 is 5.60 Å². The predicted octanol–water partition coefficient (Wildman–Crippen LogP) is 2.82. The lowest BCUT2D eigenvalue weighted by Gasteiger charge is -2.24. The number of aromatic nitrogens is 1. The maximum Gasteiger partial charge on any atom is 0.225 e. The number of hydrogen-bond donors (Lipinski definition) is 3. The van der Waals surface area contributed by atoms with Gasteiger partial charge in [0.05, 0.1) is 13.0 Å².